The van der Waals surface area contributed by atoms with E-state index in [9.17, 15) is 14.4 Å². The van der Waals surface area contributed by atoms with Crippen LogP contribution in [0.4, 0.5) is 9.59 Å². The van der Waals surface area contributed by atoms with E-state index in [0.717, 1.165) is 10.6 Å². The van der Waals surface area contributed by atoms with Gasteiger partial charge in [-0.05, 0) is 26.3 Å². The van der Waals surface area contributed by atoms with Gasteiger partial charge in [-0.2, -0.15) is 0 Å². The fourth-order valence-electron chi connectivity index (χ4n) is 1.85. The zero-order valence-electron chi connectivity index (χ0n) is 16.1. The molecule has 1 rings (SSSR count). The molecule has 150 valence electrons. The number of carbonyl (C=O) groups excluding carboxylic acids is 3. The van der Waals surface area contributed by atoms with Crippen LogP contribution in [0.15, 0.2) is 30.3 Å². The summed E-state index contributed by atoms with van der Waals surface area (Å²) in [5.41, 5.74) is 2.45. The molecule has 9 nitrogen and oxygen atoms in total. The number of methoxy groups -OCH3 is 1. The number of benzene rings is 1. The van der Waals surface area contributed by atoms with Crippen molar-refractivity contribution in [3.05, 3.63) is 35.9 Å². The van der Waals surface area contributed by atoms with Crippen molar-refractivity contribution >= 4 is 18.2 Å². The molecule has 2 N–H and O–H groups in total. The number of esters is 1. The zero-order chi connectivity index (χ0) is 20.3. The largest absolute Gasteiger partial charge is 0.468 e. The van der Waals surface area contributed by atoms with E-state index in [1.807, 2.05) is 30.3 Å². The van der Waals surface area contributed by atoms with Gasteiger partial charge < -0.3 is 19.5 Å². The molecule has 0 unspecified atom stereocenters. The van der Waals surface area contributed by atoms with Crippen molar-refractivity contribution in [1.29, 1.82) is 0 Å². The highest BCUT2D eigenvalue weighted by atomic mass is 16.6. The van der Waals surface area contributed by atoms with Gasteiger partial charge in [0.1, 0.15) is 12.2 Å². The lowest BCUT2D eigenvalue weighted by molar-refractivity contribution is -0.139. The van der Waals surface area contributed by atoms with E-state index in [0.29, 0.717) is 0 Å². The fraction of sp³-hybridized carbons (Fsp3) is 0.500. The Morgan fingerprint density at radius 1 is 1.11 bits per heavy atom. The van der Waals surface area contributed by atoms with Crippen LogP contribution < -0.4 is 10.7 Å². The van der Waals surface area contributed by atoms with Crippen LogP contribution in [0.1, 0.15) is 26.3 Å². The van der Waals surface area contributed by atoms with Gasteiger partial charge in [-0.25, -0.2) is 20.0 Å². The minimum atomic E-state index is -0.785. The molecule has 0 heterocycles. The number of hydrazine groups is 1. The van der Waals surface area contributed by atoms with Gasteiger partial charge in [0.05, 0.1) is 20.2 Å². The van der Waals surface area contributed by atoms with Gasteiger partial charge in [-0.3, -0.25) is 4.79 Å². The number of amides is 2. The molecule has 1 aromatic carbocycles. The zero-order valence-corrected chi connectivity index (χ0v) is 16.1. The predicted octanol–water partition coefficient (Wildman–Crippen LogP) is 1.83. The van der Waals surface area contributed by atoms with Gasteiger partial charge in [-0.1, -0.05) is 30.3 Å². The Balaban J connectivity index is 2.60. The first-order chi connectivity index (χ1) is 12.7. The lowest BCUT2D eigenvalue weighted by Gasteiger charge is -2.25. The Labute approximate surface area is 158 Å². The molecule has 2 amide bonds. The molecule has 0 saturated carbocycles. The van der Waals surface area contributed by atoms with Crippen LogP contribution in [0, 0.1) is 0 Å². The van der Waals surface area contributed by atoms with Crippen LogP contribution in [0.25, 0.3) is 0 Å². The minimum absolute atomic E-state index is 0.0180. The summed E-state index contributed by atoms with van der Waals surface area (Å²) in [6.45, 7) is 5.46. The van der Waals surface area contributed by atoms with Gasteiger partial charge >= 0.3 is 18.2 Å². The van der Waals surface area contributed by atoms with Gasteiger partial charge in [0.15, 0.2) is 0 Å². The molecule has 9 heteroatoms. The van der Waals surface area contributed by atoms with Crippen molar-refractivity contribution in [2.45, 2.75) is 33.0 Å². The Morgan fingerprint density at radius 2 is 1.78 bits per heavy atom. The molecule has 0 saturated heterocycles. The molecular formula is C18H27N3O6. The van der Waals surface area contributed by atoms with Crippen molar-refractivity contribution in [2.24, 2.45) is 0 Å². The maximum atomic E-state index is 12.3. The number of rotatable bonds is 7. The monoisotopic (exact) mass is 381 g/mol. The lowest BCUT2D eigenvalue weighted by Crippen LogP contribution is -2.50. The summed E-state index contributed by atoms with van der Waals surface area (Å²) in [4.78, 5) is 35.4. The van der Waals surface area contributed by atoms with Gasteiger partial charge in [0.2, 0.25) is 0 Å². The van der Waals surface area contributed by atoms with Gasteiger partial charge in [0, 0.05) is 6.54 Å². The Bertz CT molecular complexity index is 615. The molecule has 0 bridgehead atoms. The SMILES string of the molecule is COC(=O)CNCCN(NC(=O)OC(C)(C)C)C(=O)OCc1ccccc1. The fourth-order valence-corrected chi connectivity index (χ4v) is 1.85. The molecule has 0 aromatic heterocycles. The van der Waals surface area contributed by atoms with Crippen molar-refractivity contribution in [2.75, 3.05) is 26.7 Å². The van der Waals surface area contributed by atoms with Gasteiger partial charge in [-0.15, -0.1) is 0 Å². The quantitative estimate of drug-likeness (QED) is 0.321. The van der Waals surface area contributed by atoms with Crippen molar-refractivity contribution < 1.29 is 28.6 Å². The second kappa shape index (κ2) is 11.0. The van der Waals surface area contributed by atoms with E-state index in [1.165, 1.54) is 7.11 Å². The third-order valence-electron chi connectivity index (χ3n) is 3.06. The Kier molecular flexibility index (Phi) is 9.07. The number of nitrogens with zero attached hydrogens (tertiary/aromatic N) is 1. The summed E-state index contributed by atoms with van der Waals surface area (Å²) in [7, 11) is 1.28. The van der Waals surface area contributed by atoms with E-state index in [1.54, 1.807) is 20.8 Å². The average molecular weight is 381 g/mol. The smallest absolute Gasteiger partial charge is 0.429 e. The molecule has 0 atom stereocenters. The predicted molar refractivity (Wildman–Crippen MR) is 97.6 cm³/mol. The molecule has 0 aliphatic carbocycles. The average Bonchev–Trinajstić information content (AvgIpc) is 2.61. The highest BCUT2D eigenvalue weighted by Gasteiger charge is 2.22. The van der Waals surface area contributed by atoms with Crippen molar-refractivity contribution in [3.8, 4) is 0 Å². The Morgan fingerprint density at radius 3 is 2.37 bits per heavy atom. The highest BCUT2D eigenvalue weighted by Crippen LogP contribution is 2.07. The molecule has 0 aliphatic heterocycles. The molecule has 0 aliphatic rings. The Hall–Kier alpha value is -2.81. The van der Waals surface area contributed by atoms with E-state index < -0.39 is 23.8 Å². The lowest BCUT2D eigenvalue weighted by atomic mass is 10.2. The van der Waals surface area contributed by atoms with Crippen LogP contribution >= 0.6 is 0 Å². The van der Waals surface area contributed by atoms with Crippen LogP contribution in [-0.4, -0.2) is 55.5 Å². The second-order valence-electron chi connectivity index (χ2n) is 6.56. The standard InChI is InChI=1S/C18H27N3O6/c1-18(2,3)27-16(23)20-21(11-10-19-12-15(22)25-4)17(24)26-13-14-8-6-5-7-9-14/h5-9,19H,10-13H2,1-4H3,(H,20,23). The molecule has 27 heavy (non-hydrogen) atoms. The minimum Gasteiger partial charge on any atom is -0.468 e. The number of nitrogens with one attached hydrogen (secondary N) is 2. The van der Waals surface area contributed by atoms with E-state index in [4.69, 9.17) is 9.47 Å². The normalized spacial score (nSPS) is 10.7. The van der Waals surface area contributed by atoms with Crippen LogP contribution in [-0.2, 0) is 25.6 Å². The summed E-state index contributed by atoms with van der Waals surface area (Å²) in [5.74, 6) is -0.437. The van der Waals surface area contributed by atoms with E-state index >= 15 is 0 Å². The molecule has 0 spiro atoms. The summed E-state index contributed by atoms with van der Waals surface area (Å²) in [6.07, 6.45) is -1.53. The van der Waals surface area contributed by atoms with E-state index in [-0.39, 0.29) is 26.2 Å². The first kappa shape index (κ1) is 22.2. The van der Waals surface area contributed by atoms with Crippen LogP contribution in [0.5, 0.6) is 0 Å². The van der Waals surface area contributed by atoms with Crippen molar-refractivity contribution in [1.82, 2.24) is 15.8 Å². The third kappa shape index (κ3) is 10.0. The first-order valence-corrected chi connectivity index (χ1v) is 8.46. The maximum absolute atomic E-state index is 12.3. The topological polar surface area (TPSA) is 106 Å². The summed E-state index contributed by atoms with van der Waals surface area (Å²) < 4.78 is 14.9. The molecule has 0 radical (unpaired) electrons. The molecule has 1 aromatic rings. The molecule has 0 fully saturated rings. The molecular weight excluding hydrogens is 354 g/mol. The first-order valence-electron chi connectivity index (χ1n) is 8.46. The highest BCUT2D eigenvalue weighted by molar-refractivity contribution is 5.74. The summed E-state index contributed by atoms with van der Waals surface area (Å²) in [5, 5.41) is 3.79. The number of hydrogen-bond acceptors (Lipinski definition) is 7. The summed E-state index contributed by atoms with van der Waals surface area (Å²) >= 11 is 0. The third-order valence-corrected chi connectivity index (χ3v) is 3.06. The van der Waals surface area contributed by atoms with Crippen molar-refractivity contribution in [3.63, 3.8) is 0 Å². The van der Waals surface area contributed by atoms with Crippen LogP contribution in [0.3, 0.4) is 0 Å². The van der Waals surface area contributed by atoms with Gasteiger partial charge in [0.25, 0.3) is 0 Å². The maximum Gasteiger partial charge on any atom is 0.429 e. The van der Waals surface area contributed by atoms with Crippen LogP contribution in [0.2, 0.25) is 0 Å². The number of carbonyl (C=O) groups is 3. The summed E-state index contributed by atoms with van der Waals surface area (Å²) in [6, 6.07) is 9.15. The second-order valence-corrected chi connectivity index (χ2v) is 6.56. The van der Waals surface area contributed by atoms with E-state index in [2.05, 4.69) is 15.5 Å². The number of ether oxygens (including phenoxy) is 3. The number of hydrogen-bond donors (Lipinski definition) is 2.